The molecule has 30 heavy (non-hydrogen) atoms. The van der Waals surface area contributed by atoms with Gasteiger partial charge in [0.25, 0.3) is 0 Å². The highest BCUT2D eigenvalue weighted by Crippen LogP contribution is 2.26. The highest BCUT2D eigenvalue weighted by molar-refractivity contribution is 14.0. The molecule has 0 aromatic heterocycles. The first-order chi connectivity index (χ1) is 14.0. The first-order valence-electron chi connectivity index (χ1n) is 10.4. The molecular formula is C21H35F2IN4O2. The lowest BCUT2D eigenvalue weighted by Gasteiger charge is -2.31. The number of nitrogens with one attached hydrogen (secondary N) is 2. The van der Waals surface area contributed by atoms with Crippen LogP contribution in [0.2, 0.25) is 0 Å². The molecule has 6 nitrogen and oxygen atoms in total. The van der Waals surface area contributed by atoms with Gasteiger partial charge in [0.1, 0.15) is 11.5 Å². The van der Waals surface area contributed by atoms with Gasteiger partial charge in [-0.05, 0) is 69.9 Å². The van der Waals surface area contributed by atoms with Crippen molar-refractivity contribution in [2.75, 3.05) is 39.8 Å². The van der Waals surface area contributed by atoms with Crippen molar-refractivity contribution in [3.8, 4) is 11.5 Å². The zero-order valence-electron chi connectivity index (χ0n) is 18.1. The summed E-state index contributed by atoms with van der Waals surface area (Å²) in [6.45, 7) is 6.58. The number of likely N-dealkylation sites (tertiary alicyclic amines) is 1. The maximum atomic E-state index is 12.7. The summed E-state index contributed by atoms with van der Waals surface area (Å²) in [5, 5.41) is 6.56. The molecule has 2 rings (SSSR count). The van der Waals surface area contributed by atoms with E-state index >= 15 is 0 Å². The number of aliphatic imine (C=N–C) groups is 1. The zero-order chi connectivity index (χ0) is 21.1. The van der Waals surface area contributed by atoms with Gasteiger partial charge in [0.2, 0.25) is 0 Å². The highest BCUT2D eigenvalue weighted by atomic mass is 127. The lowest BCUT2D eigenvalue weighted by atomic mass is 9.93. The smallest absolute Gasteiger partial charge is 0.387 e. The summed E-state index contributed by atoms with van der Waals surface area (Å²) in [6, 6.07) is 4.75. The molecule has 1 aromatic carbocycles. The van der Waals surface area contributed by atoms with E-state index in [0.717, 1.165) is 32.0 Å². The Balaban J connectivity index is 0.00000450. The fraction of sp³-hybridized carbons (Fsp3) is 0.667. The molecule has 0 spiro atoms. The van der Waals surface area contributed by atoms with Crippen LogP contribution in [0.15, 0.2) is 23.2 Å². The quantitative estimate of drug-likeness (QED) is 0.266. The Morgan fingerprint density at radius 3 is 2.57 bits per heavy atom. The number of piperidine rings is 1. The molecule has 0 atom stereocenters. The maximum Gasteiger partial charge on any atom is 0.387 e. The minimum absolute atomic E-state index is 0. The number of halogens is 3. The van der Waals surface area contributed by atoms with Crippen LogP contribution >= 0.6 is 24.0 Å². The molecule has 0 amide bonds. The Kier molecular flexibility index (Phi) is 13.0. The molecule has 2 N–H and O–H groups in total. The van der Waals surface area contributed by atoms with Crippen molar-refractivity contribution in [2.45, 2.75) is 46.3 Å². The average Bonchev–Trinajstić information content (AvgIpc) is 2.73. The molecule has 0 unspecified atom stereocenters. The summed E-state index contributed by atoms with van der Waals surface area (Å²) < 4.78 is 35.2. The highest BCUT2D eigenvalue weighted by Gasteiger charge is 2.17. The van der Waals surface area contributed by atoms with E-state index in [4.69, 9.17) is 4.74 Å². The van der Waals surface area contributed by atoms with Crippen molar-refractivity contribution >= 4 is 29.9 Å². The molecule has 1 heterocycles. The van der Waals surface area contributed by atoms with Crippen LogP contribution in [0.1, 0.15) is 38.7 Å². The fourth-order valence-corrected chi connectivity index (χ4v) is 3.51. The van der Waals surface area contributed by atoms with Crippen LogP contribution in [-0.2, 0) is 6.54 Å². The van der Waals surface area contributed by atoms with Gasteiger partial charge < -0.3 is 25.0 Å². The Morgan fingerprint density at radius 1 is 1.23 bits per heavy atom. The van der Waals surface area contributed by atoms with Gasteiger partial charge in [-0.15, -0.1) is 24.0 Å². The van der Waals surface area contributed by atoms with Gasteiger partial charge in [-0.25, -0.2) is 4.99 Å². The van der Waals surface area contributed by atoms with Gasteiger partial charge in [0, 0.05) is 18.7 Å². The molecule has 172 valence electrons. The summed E-state index contributed by atoms with van der Waals surface area (Å²) in [6.07, 6.45) is 3.57. The van der Waals surface area contributed by atoms with Gasteiger partial charge in [0.15, 0.2) is 5.96 Å². The number of hydrogen-bond donors (Lipinski definition) is 2. The van der Waals surface area contributed by atoms with Gasteiger partial charge in [-0.3, -0.25) is 0 Å². The predicted molar refractivity (Wildman–Crippen MR) is 127 cm³/mol. The first kappa shape index (κ1) is 26.7. The number of hydrogen-bond acceptors (Lipinski definition) is 4. The molecule has 9 heteroatoms. The Bertz CT molecular complexity index is 641. The monoisotopic (exact) mass is 540 g/mol. The molecule has 1 aliphatic rings. The minimum Gasteiger partial charge on any atom is -0.497 e. The summed E-state index contributed by atoms with van der Waals surface area (Å²) >= 11 is 0. The largest absolute Gasteiger partial charge is 0.497 e. The van der Waals surface area contributed by atoms with Crippen LogP contribution in [-0.4, -0.2) is 57.3 Å². The van der Waals surface area contributed by atoms with Gasteiger partial charge >= 0.3 is 6.61 Å². The maximum absolute atomic E-state index is 12.7. The van der Waals surface area contributed by atoms with Crippen molar-refractivity contribution < 1.29 is 18.3 Å². The van der Waals surface area contributed by atoms with Crippen LogP contribution in [0.5, 0.6) is 11.5 Å². The van der Waals surface area contributed by atoms with Gasteiger partial charge in [0.05, 0.1) is 13.7 Å². The van der Waals surface area contributed by atoms with Crippen LogP contribution < -0.4 is 20.1 Å². The van der Waals surface area contributed by atoms with E-state index in [0.29, 0.717) is 17.3 Å². The van der Waals surface area contributed by atoms with E-state index < -0.39 is 6.61 Å². The number of alkyl halides is 2. The predicted octanol–water partition coefficient (Wildman–Crippen LogP) is 4.09. The molecule has 0 saturated carbocycles. The topological polar surface area (TPSA) is 58.1 Å². The Hall–Kier alpha value is -1.36. The summed E-state index contributed by atoms with van der Waals surface area (Å²) in [4.78, 5) is 7.03. The van der Waals surface area contributed by atoms with Crippen molar-refractivity contribution in [1.82, 2.24) is 15.5 Å². The second kappa shape index (κ2) is 14.6. The summed E-state index contributed by atoms with van der Waals surface area (Å²) in [7, 11) is 1.53. The molecule has 1 fully saturated rings. The third-order valence-electron chi connectivity index (χ3n) is 5.23. The normalized spacial score (nSPS) is 15.6. The van der Waals surface area contributed by atoms with Gasteiger partial charge in [-0.1, -0.05) is 6.92 Å². The molecule has 0 bridgehead atoms. The molecule has 0 radical (unpaired) electrons. The fourth-order valence-electron chi connectivity index (χ4n) is 3.51. The van der Waals surface area contributed by atoms with Crippen molar-refractivity contribution in [3.63, 3.8) is 0 Å². The van der Waals surface area contributed by atoms with Crippen LogP contribution in [0.3, 0.4) is 0 Å². The molecule has 1 aromatic rings. The number of nitrogens with zero attached hydrogens (tertiary/aromatic N) is 2. The summed E-state index contributed by atoms with van der Waals surface area (Å²) in [5.74, 6) is 2.10. The standard InChI is InChI=1S/C21H34F2N4O2.HI/c1-4-24-21(25-11-8-16-9-12-27(5-2)13-10-16)26-15-17-14-18(28-3)6-7-19(17)29-20(22)23;/h6-7,14,16,20H,4-5,8-13,15H2,1-3H3,(H2,24,25,26);1H. The van der Waals surface area contributed by atoms with Crippen molar-refractivity contribution in [3.05, 3.63) is 23.8 Å². The molecule has 1 saturated heterocycles. The second-order valence-corrected chi connectivity index (χ2v) is 7.14. The number of benzene rings is 1. The van der Waals surface area contributed by atoms with Crippen LogP contribution in [0.4, 0.5) is 8.78 Å². The van der Waals surface area contributed by atoms with Crippen LogP contribution in [0.25, 0.3) is 0 Å². The third-order valence-corrected chi connectivity index (χ3v) is 5.23. The van der Waals surface area contributed by atoms with Crippen molar-refractivity contribution in [1.29, 1.82) is 0 Å². The van der Waals surface area contributed by atoms with E-state index in [1.54, 1.807) is 12.1 Å². The Labute approximate surface area is 195 Å². The molecular weight excluding hydrogens is 505 g/mol. The van der Waals surface area contributed by atoms with E-state index in [2.05, 4.69) is 32.2 Å². The SMILES string of the molecule is CCNC(=NCc1cc(OC)ccc1OC(F)F)NCCC1CCN(CC)CC1.I. The number of ether oxygens (including phenoxy) is 2. The number of rotatable bonds is 10. The average molecular weight is 540 g/mol. The van der Waals surface area contributed by atoms with Crippen molar-refractivity contribution in [2.24, 2.45) is 10.9 Å². The minimum atomic E-state index is -2.88. The van der Waals surface area contributed by atoms with E-state index in [1.165, 1.54) is 39.1 Å². The molecule has 0 aliphatic carbocycles. The number of guanidine groups is 1. The summed E-state index contributed by atoms with van der Waals surface area (Å²) in [5.41, 5.74) is 0.550. The van der Waals surface area contributed by atoms with Gasteiger partial charge in [-0.2, -0.15) is 8.78 Å². The van der Waals surface area contributed by atoms with E-state index in [1.807, 2.05) is 6.92 Å². The first-order valence-corrected chi connectivity index (χ1v) is 10.4. The second-order valence-electron chi connectivity index (χ2n) is 7.14. The molecule has 1 aliphatic heterocycles. The number of methoxy groups -OCH3 is 1. The lowest BCUT2D eigenvalue weighted by molar-refractivity contribution is -0.0504. The Morgan fingerprint density at radius 2 is 1.97 bits per heavy atom. The van der Waals surface area contributed by atoms with E-state index in [9.17, 15) is 8.78 Å². The lowest BCUT2D eigenvalue weighted by Crippen LogP contribution is -2.39. The third kappa shape index (κ3) is 9.20. The zero-order valence-corrected chi connectivity index (χ0v) is 20.5. The van der Waals surface area contributed by atoms with Crippen LogP contribution in [0, 0.1) is 5.92 Å². The van der Waals surface area contributed by atoms with E-state index in [-0.39, 0.29) is 36.3 Å².